The maximum atomic E-state index is 10.4. The number of rotatable bonds is 8. The molecule has 0 aromatic rings. The molecule has 0 aliphatic heterocycles. The summed E-state index contributed by atoms with van der Waals surface area (Å²) in [5.74, 6) is -0.207. The Kier molecular flexibility index (Phi) is 8.62. The summed E-state index contributed by atoms with van der Waals surface area (Å²) < 4.78 is 4.77. The normalized spacial score (nSPS) is 9.62. The first-order chi connectivity index (χ1) is 6.27. The summed E-state index contributed by atoms with van der Waals surface area (Å²) in [6.07, 6.45) is 6.83. The Balaban J connectivity index is 2.91. The van der Waals surface area contributed by atoms with E-state index in [2.05, 4.69) is 0 Å². The summed E-state index contributed by atoms with van der Waals surface area (Å²) in [5.41, 5.74) is 0. The zero-order valence-electron chi connectivity index (χ0n) is 8.25. The van der Waals surface area contributed by atoms with Crippen molar-refractivity contribution in [2.45, 2.75) is 45.4 Å². The van der Waals surface area contributed by atoms with E-state index in [0.717, 1.165) is 38.4 Å². The number of carbonyl (C=O) groups is 2. The lowest BCUT2D eigenvalue weighted by Gasteiger charge is -2.00. The molecule has 3 nitrogen and oxygen atoms in total. The van der Waals surface area contributed by atoms with Crippen LogP contribution in [0.3, 0.4) is 0 Å². The van der Waals surface area contributed by atoms with Gasteiger partial charge >= 0.3 is 5.97 Å². The highest BCUT2D eigenvalue weighted by molar-refractivity contribution is 5.65. The Morgan fingerprint density at radius 1 is 1.15 bits per heavy atom. The van der Waals surface area contributed by atoms with Crippen molar-refractivity contribution in [3.63, 3.8) is 0 Å². The van der Waals surface area contributed by atoms with Gasteiger partial charge in [0.25, 0.3) is 0 Å². The van der Waals surface area contributed by atoms with Crippen LogP contribution in [0.25, 0.3) is 0 Å². The molecule has 3 heteroatoms. The van der Waals surface area contributed by atoms with E-state index < -0.39 is 0 Å². The van der Waals surface area contributed by atoms with Crippen molar-refractivity contribution in [2.24, 2.45) is 0 Å². The highest BCUT2D eigenvalue weighted by atomic mass is 16.5. The topological polar surface area (TPSA) is 43.4 Å². The number of hydrogen-bond acceptors (Lipinski definition) is 3. The average Bonchev–Trinajstić information content (AvgIpc) is 2.09. The van der Waals surface area contributed by atoms with E-state index >= 15 is 0 Å². The Bertz CT molecular complexity index is 143. The second-order valence-electron chi connectivity index (χ2n) is 3.06. The molecule has 13 heavy (non-hydrogen) atoms. The molecule has 0 heterocycles. The van der Waals surface area contributed by atoms with Crippen molar-refractivity contribution in [3.05, 3.63) is 0 Å². The Hall–Kier alpha value is -0.860. The third kappa shape index (κ3) is 11.1. The molecule has 0 unspecified atom stereocenters. The fraction of sp³-hybridized carbons (Fsp3) is 0.800. The van der Waals surface area contributed by atoms with Gasteiger partial charge in [-0.05, 0) is 12.8 Å². The summed E-state index contributed by atoms with van der Waals surface area (Å²) in [7, 11) is 0. The van der Waals surface area contributed by atoms with Crippen LogP contribution in [0.5, 0.6) is 0 Å². The van der Waals surface area contributed by atoms with Gasteiger partial charge in [-0.3, -0.25) is 4.79 Å². The van der Waals surface area contributed by atoms with E-state index in [0.29, 0.717) is 13.0 Å². The summed E-state index contributed by atoms with van der Waals surface area (Å²) >= 11 is 0. The Labute approximate surface area is 79.5 Å². The van der Waals surface area contributed by atoms with Crippen LogP contribution in [0.15, 0.2) is 0 Å². The standard InChI is InChI=1S/C10H18O3/c1-10(12)13-9-7-5-3-2-4-6-8-11/h8H,2-7,9H2,1H3. The molecule has 0 amide bonds. The first kappa shape index (κ1) is 12.1. The number of esters is 1. The second-order valence-corrected chi connectivity index (χ2v) is 3.06. The summed E-state index contributed by atoms with van der Waals surface area (Å²) in [6.45, 7) is 1.95. The molecule has 0 aromatic carbocycles. The van der Waals surface area contributed by atoms with Crippen molar-refractivity contribution >= 4 is 12.3 Å². The highest BCUT2D eigenvalue weighted by Gasteiger charge is 1.93. The molecular formula is C10H18O3. The number of unbranched alkanes of at least 4 members (excludes halogenated alkanes) is 5. The molecule has 0 radical (unpaired) electrons. The van der Waals surface area contributed by atoms with Gasteiger partial charge < -0.3 is 9.53 Å². The first-order valence-electron chi connectivity index (χ1n) is 4.84. The minimum Gasteiger partial charge on any atom is -0.466 e. The van der Waals surface area contributed by atoms with Gasteiger partial charge in [-0.25, -0.2) is 0 Å². The molecule has 0 N–H and O–H groups in total. The average molecular weight is 186 g/mol. The number of aldehydes is 1. The van der Waals surface area contributed by atoms with Crippen LogP contribution in [0.1, 0.15) is 45.4 Å². The molecule has 0 rings (SSSR count). The largest absolute Gasteiger partial charge is 0.466 e. The van der Waals surface area contributed by atoms with Crippen molar-refractivity contribution in [2.75, 3.05) is 6.61 Å². The van der Waals surface area contributed by atoms with Gasteiger partial charge in [-0.1, -0.05) is 19.3 Å². The molecule has 0 aliphatic rings. The summed E-state index contributed by atoms with van der Waals surface area (Å²) in [4.78, 5) is 20.3. The fourth-order valence-corrected chi connectivity index (χ4v) is 1.08. The van der Waals surface area contributed by atoms with Crippen LogP contribution in [-0.4, -0.2) is 18.9 Å². The van der Waals surface area contributed by atoms with E-state index in [1.54, 1.807) is 0 Å². The van der Waals surface area contributed by atoms with Gasteiger partial charge in [0.15, 0.2) is 0 Å². The lowest BCUT2D eigenvalue weighted by molar-refractivity contribution is -0.141. The molecule has 0 saturated heterocycles. The van der Waals surface area contributed by atoms with Gasteiger partial charge in [0.2, 0.25) is 0 Å². The predicted octanol–water partition coefficient (Wildman–Crippen LogP) is 2.09. The van der Waals surface area contributed by atoms with E-state index in [1.807, 2.05) is 0 Å². The van der Waals surface area contributed by atoms with Crippen molar-refractivity contribution in [1.29, 1.82) is 0 Å². The van der Waals surface area contributed by atoms with Gasteiger partial charge in [0.05, 0.1) is 6.61 Å². The number of hydrogen-bond donors (Lipinski definition) is 0. The minimum atomic E-state index is -0.207. The highest BCUT2D eigenvalue weighted by Crippen LogP contribution is 2.04. The molecule has 0 spiro atoms. The Morgan fingerprint density at radius 2 is 1.77 bits per heavy atom. The van der Waals surface area contributed by atoms with Gasteiger partial charge in [-0.2, -0.15) is 0 Å². The quantitative estimate of drug-likeness (QED) is 0.331. The zero-order valence-corrected chi connectivity index (χ0v) is 8.25. The molecule has 0 saturated carbocycles. The molecular weight excluding hydrogens is 168 g/mol. The minimum absolute atomic E-state index is 0.207. The maximum Gasteiger partial charge on any atom is 0.302 e. The molecule has 0 atom stereocenters. The first-order valence-corrected chi connectivity index (χ1v) is 4.84. The van der Waals surface area contributed by atoms with E-state index in [9.17, 15) is 9.59 Å². The van der Waals surface area contributed by atoms with Crippen LogP contribution in [0, 0.1) is 0 Å². The lowest BCUT2D eigenvalue weighted by atomic mass is 10.1. The van der Waals surface area contributed by atoms with Crippen molar-refractivity contribution in [1.82, 2.24) is 0 Å². The second kappa shape index (κ2) is 9.23. The number of carbonyl (C=O) groups excluding carboxylic acids is 2. The van der Waals surface area contributed by atoms with E-state index in [-0.39, 0.29) is 5.97 Å². The monoisotopic (exact) mass is 186 g/mol. The van der Waals surface area contributed by atoms with Crippen molar-refractivity contribution in [3.8, 4) is 0 Å². The van der Waals surface area contributed by atoms with Gasteiger partial charge in [0, 0.05) is 13.3 Å². The molecule has 0 aromatic heterocycles. The fourth-order valence-electron chi connectivity index (χ4n) is 1.08. The lowest BCUT2D eigenvalue weighted by Crippen LogP contribution is -2.00. The van der Waals surface area contributed by atoms with E-state index in [1.165, 1.54) is 6.92 Å². The third-order valence-corrected chi connectivity index (χ3v) is 1.77. The van der Waals surface area contributed by atoms with Crippen LogP contribution >= 0.6 is 0 Å². The summed E-state index contributed by atoms with van der Waals surface area (Å²) in [6, 6.07) is 0. The van der Waals surface area contributed by atoms with Crippen molar-refractivity contribution < 1.29 is 14.3 Å². The molecule has 0 bridgehead atoms. The molecule has 0 fully saturated rings. The van der Waals surface area contributed by atoms with Crippen LogP contribution in [-0.2, 0) is 14.3 Å². The summed E-state index contributed by atoms with van der Waals surface area (Å²) in [5, 5.41) is 0. The van der Waals surface area contributed by atoms with Gasteiger partial charge in [-0.15, -0.1) is 0 Å². The maximum absolute atomic E-state index is 10.4. The van der Waals surface area contributed by atoms with Crippen LogP contribution in [0.4, 0.5) is 0 Å². The number of ether oxygens (including phenoxy) is 1. The molecule has 0 aliphatic carbocycles. The SMILES string of the molecule is CC(=O)OCCCCCCCC=O. The third-order valence-electron chi connectivity index (χ3n) is 1.77. The Morgan fingerprint density at radius 3 is 2.38 bits per heavy atom. The van der Waals surface area contributed by atoms with Gasteiger partial charge in [0.1, 0.15) is 6.29 Å². The van der Waals surface area contributed by atoms with E-state index in [4.69, 9.17) is 4.74 Å². The van der Waals surface area contributed by atoms with Crippen LogP contribution in [0.2, 0.25) is 0 Å². The smallest absolute Gasteiger partial charge is 0.302 e. The zero-order chi connectivity index (χ0) is 9.94. The molecule has 76 valence electrons. The predicted molar refractivity (Wildman–Crippen MR) is 50.4 cm³/mol. The van der Waals surface area contributed by atoms with Crippen LogP contribution < -0.4 is 0 Å².